The third kappa shape index (κ3) is 4.16. The number of hydrogen-bond acceptors (Lipinski definition) is 3. The summed E-state index contributed by atoms with van der Waals surface area (Å²) >= 11 is 0. The summed E-state index contributed by atoms with van der Waals surface area (Å²) in [7, 11) is 0. The molecule has 28 heavy (non-hydrogen) atoms. The van der Waals surface area contributed by atoms with Crippen molar-refractivity contribution in [2.45, 2.75) is 25.7 Å². The molecule has 2 aromatic rings. The second kappa shape index (κ2) is 8.42. The monoisotopic (exact) mass is 378 g/mol. The van der Waals surface area contributed by atoms with Gasteiger partial charge in [0.15, 0.2) is 0 Å². The van der Waals surface area contributed by atoms with Crippen LogP contribution in [-0.2, 0) is 4.79 Å². The van der Waals surface area contributed by atoms with Gasteiger partial charge in [-0.15, -0.1) is 0 Å². The minimum absolute atomic E-state index is 0.0658. The zero-order valence-electron chi connectivity index (χ0n) is 16.0. The van der Waals surface area contributed by atoms with Gasteiger partial charge in [-0.25, -0.2) is 4.79 Å². The van der Waals surface area contributed by atoms with Crippen molar-refractivity contribution in [3.8, 4) is 11.1 Å². The summed E-state index contributed by atoms with van der Waals surface area (Å²) in [6, 6.07) is 11.6. The number of rotatable bonds is 3. The van der Waals surface area contributed by atoms with Crippen molar-refractivity contribution in [1.82, 2.24) is 14.8 Å². The van der Waals surface area contributed by atoms with Crippen LogP contribution < -0.4 is 5.32 Å². The van der Waals surface area contributed by atoms with E-state index in [0.29, 0.717) is 13.1 Å². The molecule has 0 aliphatic carbocycles. The fourth-order valence-corrected chi connectivity index (χ4v) is 4.04. The number of nitrogens with one attached hydrogen (secondary N) is 1. The van der Waals surface area contributed by atoms with Crippen molar-refractivity contribution in [2.75, 3.05) is 31.5 Å². The lowest BCUT2D eigenvalue weighted by Crippen LogP contribution is -2.45. The first-order valence-electron chi connectivity index (χ1n) is 10.1. The molecule has 3 amide bonds. The molecule has 6 nitrogen and oxygen atoms in total. The van der Waals surface area contributed by atoms with Gasteiger partial charge >= 0.3 is 6.03 Å². The number of anilines is 1. The quantitative estimate of drug-likeness (QED) is 0.887. The molecule has 4 rings (SSSR count). The summed E-state index contributed by atoms with van der Waals surface area (Å²) in [5.74, 6) is 0.345. The lowest BCUT2D eigenvalue weighted by molar-refractivity contribution is -0.135. The van der Waals surface area contributed by atoms with E-state index in [1.807, 2.05) is 52.4 Å². The van der Waals surface area contributed by atoms with Crippen LogP contribution in [0.4, 0.5) is 10.5 Å². The highest BCUT2D eigenvalue weighted by Crippen LogP contribution is 2.24. The molecular formula is C22H26N4O2. The number of carbonyl (C=O) groups excluding carboxylic acids is 2. The molecule has 0 atom stereocenters. The Labute approximate surface area is 165 Å². The molecule has 2 fully saturated rings. The van der Waals surface area contributed by atoms with Crippen LogP contribution in [-0.4, -0.2) is 52.9 Å². The van der Waals surface area contributed by atoms with E-state index in [2.05, 4.69) is 10.3 Å². The lowest BCUT2D eigenvalue weighted by Gasteiger charge is -2.33. The van der Waals surface area contributed by atoms with E-state index in [-0.39, 0.29) is 17.9 Å². The zero-order valence-corrected chi connectivity index (χ0v) is 16.0. The van der Waals surface area contributed by atoms with Crippen molar-refractivity contribution >= 4 is 17.6 Å². The maximum absolute atomic E-state index is 12.7. The molecule has 2 aliphatic rings. The SMILES string of the molecule is O=C(Nc1cccc(-c2cccnc2)c1)N1CCC(C(=O)N2CCCC2)CC1. The van der Waals surface area contributed by atoms with Gasteiger partial charge in [0.1, 0.15) is 0 Å². The average Bonchev–Trinajstić information content (AvgIpc) is 3.29. The molecule has 2 aliphatic heterocycles. The van der Waals surface area contributed by atoms with E-state index in [1.165, 1.54) is 0 Å². The Balaban J connectivity index is 1.33. The molecule has 0 saturated carbocycles. The van der Waals surface area contributed by atoms with E-state index in [0.717, 1.165) is 55.6 Å². The first kappa shape index (κ1) is 18.5. The first-order chi connectivity index (χ1) is 13.7. The van der Waals surface area contributed by atoms with Crippen molar-refractivity contribution in [1.29, 1.82) is 0 Å². The second-order valence-corrected chi connectivity index (χ2v) is 7.55. The molecule has 1 N–H and O–H groups in total. The lowest BCUT2D eigenvalue weighted by atomic mass is 9.95. The number of carbonyl (C=O) groups is 2. The summed E-state index contributed by atoms with van der Waals surface area (Å²) in [6.07, 6.45) is 7.28. The predicted molar refractivity (Wildman–Crippen MR) is 109 cm³/mol. The van der Waals surface area contributed by atoms with E-state index < -0.39 is 0 Å². The summed E-state index contributed by atoms with van der Waals surface area (Å²) < 4.78 is 0. The van der Waals surface area contributed by atoms with Crippen LogP contribution in [0.15, 0.2) is 48.8 Å². The second-order valence-electron chi connectivity index (χ2n) is 7.55. The van der Waals surface area contributed by atoms with Gasteiger partial charge in [0.2, 0.25) is 5.91 Å². The maximum Gasteiger partial charge on any atom is 0.321 e. The Morgan fingerprint density at radius 1 is 0.929 bits per heavy atom. The highest BCUT2D eigenvalue weighted by Gasteiger charge is 2.31. The number of piperidine rings is 1. The Bertz CT molecular complexity index is 825. The fraction of sp³-hybridized carbons (Fsp3) is 0.409. The Hall–Kier alpha value is -2.89. The van der Waals surface area contributed by atoms with E-state index in [1.54, 1.807) is 6.20 Å². The van der Waals surface area contributed by atoms with Crippen molar-refractivity contribution < 1.29 is 9.59 Å². The minimum atomic E-state index is -0.101. The van der Waals surface area contributed by atoms with Gasteiger partial charge in [0.25, 0.3) is 0 Å². The number of likely N-dealkylation sites (tertiary alicyclic amines) is 2. The largest absolute Gasteiger partial charge is 0.342 e. The van der Waals surface area contributed by atoms with Crippen molar-refractivity contribution in [2.24, 2.45) is 5.92 Å². The molecular weight excluding hydrogens is 352 g/mol. The van der Waals surface area contributed by atoms with Crippen LogP contribution in [0.2, 0.25) is 0 Å². The van der Waals surface area contributed by atoms with Crippen LogP contribution >= 0.6 is 0 Å². The van der Waals surface area contributed by atoms with Crippen molar-refractivity contribution in [3.05, 3.63) is 48.8 Å². The van der Waals surface area contributed by atoms with E-state index >= 15 is 0 Å². The normalized spacial score (nSPS) is 17.6. The number of benzene rings is 1. The van der Waals surface area contributed by atoms with E-state index in [9.17, 15) is 9.59 Å². The van der Waals surface area contributed by atoms with Gasteiger partial charge in [-0.1, -0.05) is 18.2 Å². The zero-order chi connectivity index (χ0) is 19.3. The van der Waals surface area contributed by atoms with E-state index in [4.69, 9.17) is 0 Å². The van der Waals surface area contributed by atoms with Crippen LogP contribution in [0.1, 0.15) is 25.7 Å². The first-order valence-corrected chi connectivity index (χ1v) is 10.1. The molecule has 2 saturated heterocycles. The molecule has 1 aromatic heterocycles. The molecule has 0 spiro atoms. The van der Waals surface area contributed by atoms with Gasteiger partial charge in [0, 0.05) is 55.7 Å². The van der Waals surface area contributed by atoms with Gasteiger partial charge in [0.05, 0.1) is 0 Å². The molecule has 0 bridgehead atoms. The molecule has 0 unspecified atom stereocenters. The summed E-state index contributed by atoms with van der Waals surface area (Å²) in [5, 5.41) is 2.99. The van der Waals surface area contributed by atoms with Gasteiger partial charge in [-0.3, -0.25) is 9.78 Å². The summed E-state index contributed by atoms with van der Waals surface area (Å²) in [4.78, 5) is 33.1. The summed E-state index contributed by atoms with van der Waals surface area (Å²) in [6.45, 7) is 3.04. The Morgan fingerprint density at radius 3 is 2.39 bits per heavy atom. The van der Waals surface area contributed by atoms with Crippen LogP contribution in [0.25, 0.3) is 11.1 Å². The minimum Gasteiger partial charge on any atom is -0.342 e. The van der Waals surface area contributed by atoms with Crippen molar-refractivity contribution in [3.63, 3.8) is 0 Å². The highest BCUT2D eigenvalue weighted by molar-refractivity contribution is 5.90. The van der Waals surface area contributed by atoms with Gasteiger partial charge < -0.3 is 15.1 Å². The molecule has 0 radical (unpaired) electrons. The molecule has 3 heterocycles. The Morgan fingerprint density at radius 2 is 1.68 bits per heavy atom. The standard InChI is InChI=1S/C22H26N4O2/c27-21(25-11-1-2-12-25)17-8-13-26(14-9-17)22(28)24-20-7-3-5-18(15-20)19-6-4-10-23-16-19/h3-7,10,15-17H,1-2,8-9,11-14H2,(H,24,28). The molecule has 6 heteroatoms. The average molecular weight is 378 g/mol. The predicted octanol–water partition coefficient (Wildman–Crippen LogP) is 3.61. The van der Waals surface area contributed by atoms with Gasteiger partial charge in [-0.2, -0.15) is 0 Å². The van der Waals surface area contributed by atoms with Gasteiger partial charge in [-0.05, 0) is 49.4 Å². The van der Waals surface area contributed by atoms with Crippen LogP contribution in [0, 0.1) is 5.92 Å². The third-order valence-corrected chi connectivity index (χ3v) is 5.66. The number of urea groups is 1. The number of hydrogen-bond donors (Lipinski definition) is 1. The number of pyridine rings is 1. The van der Waals surface area contributed by atoms with Crippen LogP contribution in [0.5, 0.6) is 0 Å². The number of aromatic nitrogens is 1. The Kier molecular flexibility index (Phi) is 5.55. The molecule has 1 aromatic carbocycles. The highest BCUT2D eigenvalue weighted by atomic mass is 16.2. The van der Waals surface area contributed by atoms with Crippen LogP contribution in [0.3, 0.4) is 0 Å². The smallest absolute Gasteiger partial charge is 0.321 e. The topological polar surface area (TPSA) is 65.5 Å². The number of amides is 3. The molecule has 146 valence electrons. The number of nitrogens with zero attached hydrogens (tertiary/aromatic N) is 3. The fourth-order valence-electron chi connectivity index (χ4n) is 4.04. The third-order valence-electron chi connectivity index (χ3n) is 5.66. The summed E-state index contributed by atoms with van der Waals surface area (Å²) in [5.41, 5.74) is 2.79. The maximum atomic E-state index is 12.7.